The lowest BCUT2D eigenvalue weighted by molar-refractivity contribution is -0.150. The number of rotatable bonds is 2. The number of aliphatic carboxylic acids is 1. The summed E-state index contributed by atoms with van der Waals surface area (Å²) in [6.07, 6.45) is 9.70. The number of nitrogens with one attached hydrogen (secondary N) is 1. The summed E-state index contributed by atoms with van der Waals surface area (Å²) in [6.45, 7) is 2.73. The zero-order chi connectivity index (χ0) is 15.3. The molecule has 1 unspecified atom stereocenters. The van der Waals surface area contributed by atoms with Crippen LogP contribution in [0.2, 0.25) is 0 Å². The summed E-state index contributed by atoms with van der Waals surface area (Å²) in [5.41, 5.74) is -0.795. The molecule has 1 saturated carbocycles. The molecule has 2 rings (SSSR count). The molecule has 1 aliphatic carbocycles. The first kappa shape index (κ1) is 16.1. The van der Waals surface area contributed by atoms with Gasteiger partial charge in [0.1, 0.15) is 0 Å². The van der Waals surface area contributed by atoms with Crippen molar-refractivity contribution in [3.63, 3.8) is 0 Å². The summed E-state index contributed by atoms with van der Waals surface area (Å²) in [6, 6.07) is 0.184. The SMILES string of the molecule is CC1(C(=O)O)CCCN(C(=O)NC2CCCCCCC2)C1. The predicted molar refractivity (Wildman–Crippen MR) is 81.2 cm³/mol. The lowest BCUT2D eigenvalue weighted by Gasteiger charge is -2.38. The second-order valence-corrected chi connectivity index (χ2v) is 6.88. The van der Waals surface area contributed by atoms with Crippen molar-refractivity contribution in [3.05, 3.63) is 0 Å². The van der Waals surface area contributed by atoms with Gasteiger partial charge in [0.15, 0.2) is 0 Å². The highest BCUT2D eigenvalue weighted by Crippen LogP contribution is 2.29. The molecule has 5 nitrogen and oxygen atoms in total. The minimum Gasteiger partial charge on any atom is -0.481 e. The number of hydrogen-bond donors (Lipinski definition) is 2. The monoisotopic (exact) mass is 296 g/mol. The van der Waals surface area contributed by atoms with Gasteiger partial charge in [-0.05, 0) is 32.6 Å². The first-order chi connectivity index (χ1) is 10.0. The van der Waals surface area contributed by atoms with Crippen LogP contribution in [-0.4, -0.2) is 41.1 Å². The smallest absolute Gasteiger partial charge is 0.317 e. The van der Waals surface area contributed by atoms with Crippen LogP contribution in [-0.2, 0) is 4.79 Å². The normalized spacial score (nSPS) is 28.5. The van der Waals surface area contributed by atoms with E-state index in [1.165, 1.54) is 32.1 Å². The Morgan fingerprint density at radius 3 is 2.33 bits per heavy atom. The number of piperidine rings is 1. The summed E-state index contributed by atoms with van der Waals surface area (Å²) >= 11 is 0. The second-order valence-electron chi connectivity index (χ2n) is 6.88. The van der Waals surface area contributed by atoms with Gasteiger partial charge in [-0.2, -0.15) is 0 Å². The molecule has 21 heavy (non-hydrogen) atoms. The van der Waals surface area contributed by atoms with Gasteiger partial charge in [-0.15, -0.1) is 0 Å². The molecule has 1 saturated heterocycles. The summed E-state index contributed by atoms with van der Waals surface area (Å²) in [5.74, 6) is -0.800. The predicted octanol–water partition coefficient (Wildman–Crippen LogP) is 3.00. The van der Waals surface area contributed by atoms with Crippen LogP contribution in [0.5, 0.6) is 0 Å². The van der Waals surface area contributed by atoms with E-state index in [0.717, 1.165) is 19.3 Å². The summed E-state index contributed by atoms with van der Waals surface area (Å²) < 4.78 is 0. The van der Waals surface area contributed by atoms with E-state index in [4.69, 9.17) is 0 Å². The Labute approximate surface area is 127 Å². The first-order valence-electron chi connectivity index (χ1n) is 8.30. The molecular formula is C16H28N2O3. The molecule has 0 radical (unpaired) electrons. The second kappa shape index (κ2) is 7.14. The van der Waals surface area contributed by atoms with Crippen molar-refractivity contribution < 1.29 is 14.7 Å². The number of nitrogens with zero attached hydrogens (tertiary/aromatic N) is 1. The van der Waals surface area contributed by atoms with Gasteiger partial charge in [-0.3, -0.25) is 4.79 Å². The number of likely N-dealkylation sites (tertiary alicyclic amines) is 1. The fourth-order valence-corrected chi connectivity index (χ4v) is 3.45. The number of amides is 2. The molecule has 0 aromatic rings. The lowest BCUT2D eigenvalue weighted by Crippen LogP contribution is -2.53. The van der Waals surface area contributed by atoms with Gasteiger partial charge in [-0.1, -0.05) is 32.1 Å². The Morgan fingerprint density at radius 2 is 1.71 bits per heavy atom. The van der Waals surface area contributed by atoms with Crippen LogP contribution in [0.1, 0.15) is 64.7 Å². The Morgan fingerprint density at radius 1 is 1.10 bits per heavy atom. The summed E-state index contributed by atoms with van der Waals surface area (Å²) in [4.78, 5) is 25.4. The van der Waals surface area contributed by atoms with Gasteiger partial charge in [0.05, 0.1) is 5.41 Å². The third-order valence-electron chi connectivity index (χ3n) is 4.93. The van der Waals surface area contributed by atoms with Gasteiger partial charge in [0.25, 0.3) is 0 Å². The third kappa shape index (κ3) is 4.35. The Bertz CT molecular complexity index is 378. The van der Waals surface area contributed by atoms with Gasteiger partial charge >= 0.3 is 12.0 Å². The zero-order valence-corrected chi connectivity index (χ0v) is 13.1. The number of carbonyl (C=O) groups excluding carboxylic acids is 1. The molecule has 5 heteroatoms. The minimum atomic E-state index is -0.800. The quantitative estimate of drug-likeness (QED) is 0.823. The number of carbonyl (C=O) groups is 2. The maximum atomic E-state index is 12.4. The molecule has 1 atom stereocenters. The van der Waals surface area contributed by atoms with Crippen LogP contribution in [0.3, 0.4) is 0 Å². The average molecular weight is 296 g/mol. The number of carboxylic acids is 1. The van der Waals surface area contributed by atoms with Crippen LogP contribution in [0.25, 0.3) is 0 Å². The van der Waals surface area contributed by atoms with Crippen LogP contribution in [0, 0.1) is 5.41 Å². The molecule has 0 aromatic carbocycles. The molecule has 1 aliphatic heterocycles. The van der Waals surface area contributed by atoms with E-state index >= 15 is 0 Å². The van der Waals surface area contributed by atoms with Crippen LogP contribution in [0.15, 0.2) is 0 Å². The molecular weight excluding hydrogens is 268 g/mol. The molecule has 2 amide bonds. The van der Waals surface area contributed by atoms with E-state index in [9.17, 15) is 14.7 Å². The lowest BCUT2D eigenvalue weighted by atomic mass is 9.82. The Kier molecular flexibility index (Phi) is 5.48. The number of urea groups is 1. The van der Waals surface area contributed by atoms with E-state index in [-0.39, 0.29) is 12.1 Å². The standard InChI is InChI=1S/C16H28N2O3/c1-16(14(19)20)10-7-11-18(12-16)15(21)17-13-8-5-3-2-4-6-9-13/h13H,2-12H2,1H3,(H,17,21)(H,19,20). The van der Waals surface area contributed by atoms with Crippen molar-refractivity contribution in [2.45, 2.75) is 70.8 Å². The molecule has 0 aromatic heterocycles. The van der Waals surface area contributed by atoms with E-state index < -0.39 is 11.4 Å². The maximum Gasteiger partial charge on any atom is 0.317 e. The number of carboxylic acid groups (broad SMARTS) is 1. The molecule has 0 spiro atoms. The van der Waals surface area contributed by atoms with Crippen molar-refractivity contribution >= 4 is 12.0 Å². The Balaban J connectivity index is 1.88. The molecule has 120 valence electrons. The average Bonchev–Trinajstić information content (AvgIpc) is 2.41. The highest BCUT2D eigenvalue weighted by atomic mass is 16.4. The van der Waals surface area contributed by atoms with Crippen LogP contribution >= 0.6 is 0 Å². The van der Waals surface area contributed by atoms with Gasteiger partial charge < -0.3 is 15.3 Å². The van der Waals surface area contributed by atoms with E-state index in [2.05, 4.69) is 5.32 Å². The molecule has 2 fully saturated rings. The van der Waals surface area contributed by atoms with E-state index in [1.807, 2.05) is 0 Å². The van der Waals surface area contributed by atoms with Gasteiger partial charge in [0.2, 0.25) is 0 Å². The fraction of sp³-hybridized carbons (Fsp3) is 0.875. The van der Waals surface area contributed by atoms with Crippen LogP contribution < -0.4 is 5.32 Å². The fourth-order valence-electron chi connectivity index (χ4n) is 3.45. The van der Waals surface area contributed by atoms with Crippen molar-refractivity contribution in [3.8, 4) is 0 Å². The minimum absolute atomic E-state index is 0.0762. The van der Waals surface area contributed by atoms with Crippen LogP contribution in [0.4, 0.5) is 4.79 Å². The van der Waals surface area contributed by atoms with E-state index in [0.29, 0.717) is 19.5 Å². The molecule has 0 bridgehead atoms. The zero-order valence-electron chi connectivity index (χ0n) is 13.1. The van der Waals surface area contributed by atoms with Crippen molar-refractivity contribution in [1.82, 2.24) is 10.2 Å². The van der Waals surface area contributed by atoms with Gasteiger partial charge in [-0.25, -0.2) is 4.79 Å². The highest BCUT2D eigenvalue weighted by Gasteiger charge is 2.39. The molecule has 1 heterocycles. The van der Waals surface area contributed by atoms with Gasteiger partial charge in [0, 0.05) is 19.1 Å². The summed E-state index contributed by atoms with van der Waals surface area (Å²) in [7, 11) is 0. The highest BCUT2D eigenvalue weighted by molar-refractivity contribution is 5.78. The largest absolute Gasteiger partial charge is 0.481 e. The van der Waals surface area contributed by atoms with Crippen molar-refractivity contribution in [2.75, 3.05) is 13.1 Å². The maximum absolute atomic E-state index is 12.4. The molecule has 2 N–H and O–H groups in total. The topological polar surface area (TPSA) is 69.6 Å². The van der Waals surface area contributed by atoms with Crippen molar-refractivity contribution in [2.24, 2.45) is 5.41 Å². The first-order valence-corrected chi connectivity index (χ1v) is 8.30. The molecule has 2 aliphatic rings. The Hall–Kier alpha value is -1.26. The summed E-state index contributed by atoms with van der Waals surface area (Å²) in [5, 5.41) is 12.5. The number of hydrogen-bond acceptors (Lipinski definition) is 2. The van der Waals surface area contributed by atoms with E-state index in [1.54, 1.807) is 11.8 Å². The van der Waals surface area contributed by atoms with Crippen molar-refractivity contribution in [1.29, 1.82) is 0 Å². The third-order valence-corrected chi connectivity index (χ3v) is 4.93.